The number of ether oxygens (including phenoxy) is 3. The van der Waals surface area contributed by atoms with E-state index in [0.29, 0.717) is 19.3 Å². The molecule has 0 fully saturated rings. The monoisotopic (exact) mass is 1090 g/mol. The quantitative estimate of drug-likeness (QED) is 0.0261. The van der Waals surface area contributed by atoms with Crippen LogP contribution in [0, 0.1) is 0 Å². The average molecular weight is 1090 g/mol. The molecule has 6 heteroatoms. The second-order valence-corrected chi connectivity index (χ2v) is 24.2. The third-order valence-electron chi connectivity index (χ3n) is 16.3. The summed E-state index contributed by atoms with van der Waals surface area (Å²) >= 11 is 0. The van der Waals surface area contributed by atoms with E-state index in [1.165, 1.54) is 302 Å². The van der Waals surface area contributed by atoms with Crippen LogP contribution in [0.5, 0.6) is 0 Å². The fourth-order valence-corrected chi connectivity index (χ4v) is 11.0. The van der Waals surface area contributed by atoms with Crippen LogP contribution in [0.2, 0.25) is 0 Å². The van der Waals surface area contributed by atoms with Crippen molar-refractivity contribution in [2.24, 2.45) is 0 Å². The minimum Gasteiger partial charge on any atom is -0.462 e. The maximum atomic E-state index is 13.0. The number of hydrogen-bond donors (Lipinski definition) is 0. The molecule has 0 aromatic rings. The van der Waals surface area contributed by atoms with Gasteiger partial charge in [-0.25, -0.2) is 0 Å². The van der Waals surface area contributed by atoms with E-state index < -0.39 is 6.10 Å². The molecular weight excluding hydrogens is 949 g/mol. The molecule has 0 aromatic carbocycles. The Morgan fingerprint density at radius 1 is 0.247 bits per heavy atom. The summed E-state index contributed by atoms with van der Waals surface area (Å²) in [5.41, 5.74) is 0. The molecule has 0 rings (SSSR count). The Hall–Kier alpha value is -1.85. The van der Waals surface area contributed by atoms with Crippen LogP contribution in [0.15, 0.2) is 12.2 Å². The van der Waals surface area contributed by atoms with Crippen LogP contribution in [0.3, 0.4) is 0 Å². The van der Waals surface area contributed by atoms with Crippen LogP contribution in [0.1, 0.15) is 406 Å². The van der Waals surface area contributed by atoms with Crippen LogP contribution in [0.4, 0.5) is 0 Å². The average Bonchev–Trinajstić information content (AvgIpc) is 3.43. The van der Waals surface area contributed by atoms with Gasteiger partial charge in [0, 0.05) is 19.3 Å². The lowest BCUT2D eigenvalue weighted by molar-refractivity contribution is -0.167. The van der Waals surface area contributed by atoms with Gasteiger partial charge in [0.2, 0.25) is 0 Å². The van der Waals surface area contributed by atoms with Gasteiger partial charge in [-0.05, 0) is 44.9 Å². The molecule has 0 bridgehead atoms. The van der Waals surface area contributed by atoms with Crippen LogP contribution >= 0.6 is 0 Å². The molecule has 456 valence electrons. The normalized spacial score (nSPS) is 12.0. The molecule has 0 aromatic heterocycles. The molecule has 0 heterocycles. The van der Waals surface area contributed by atoms with Crippen molar-refractivity contribution in [3.8, 4) is 0 Å². The zero-order chi connectivity index (χ0) is 55.7. The standard InChI is InChI=1S/C71H136O6/c1-4-7-10-13-16-19-22-25-28-30-32-34-36-38-40-43-46-49-52-55-58-61-64-70(73)76-67-68(66-75-69(72)63-60-57-54-51-48-45-42-27-24-21-18-15-12-9-6-3)77-71(74)65-62-59-56-53-50-47-44-41-39-37-35-33-31-29-26-23-20-17-14-11-8-5-2/h27,42,68H,4-26,28-41,43-67H2,1-3H3/b42-27-. The van der Waals surface area contributed by atoms with Gasteiger partial charge in [-0.2, -0.15) is 0 Å². The van der Waals surface area contributed by atoms with Gasteiger partial charge in [0.1, 0.15) is 13.2 Å². The van der Waals surface area contributed by atoms with E-state index in [1.807, 2.05) is 0 Å². The number of rotatable bonds is 66. The lowest BCUT2D eigenvalue weighted by Crippen LogP contribution is -2.30. The Labute approximate surface area is 481 Å². The van der Waals surface area contributed by atoms with Gasteiger partial charge in [0.25, 0.3) is 0 Å². The molecule has 0 aliphatic heterocycles. The Morgan fingerprint density at radius 2 is 0.429 bits per heavy atom. The molecule has 1 atom stereocenters. The molecule has 0 amide bonds. The first-order chi connectivity index (χ1) is 38.0. The Balaban J connectivity index is 4.26. The highest BCUT2D eigenvalue weighted by atomic mass is 16.6. The van der Waals surface area contributed by atoms with E-state index >= 15 is 0 Å². The Morgan fingerprint density at radius 3 is 0.649 bits per heavy atom. The molecule has 0 radical (unpaired) electrons. The molecule has 0 aliphatic rings. The summed E-state index contributed by atoms with van der Waals surface area (Å²) in [6.07, 6.45) is 79.5. The van der Waals surface area contributed by atoms with Gasteiger partial charge in [-0.1, -0.05) is 354 Å². The van der Waals surface area contributed by atoms with Crippen molar-refractivity contribution in [2.75, 3.05) is 13.2 Å². The first-order valence-electron chi connectivity index (χ1n) is 35.2. The maximum absolute atomic E-state index is 13.0. The van der Waals surface area contributed by atoms with Gasteiger partial charge in [0.15, 0.2) is 6.10 Å². The second-order valence-electron chi connectivity index (χ2n) is 24.2. The van der Waals surface area contributed by atoms with Crippen molar-refractivity contribution in [1.29, 1.82) is 0 Å². The number of allylic oxidation sites excluding steroid dienone is 2. The third-order valence-corrected chi connectivity index (χ3v) is 16.3. The fourth-order valence-electron chi connectivity index (χ4n) is 11.0. The highest BCUT2D eigenvalue weighted by molar-refractivity contribution is 5.71. The van der Waals surface area contributed by atoms with Crippen LogP contribution in [-0.4, -0.2) is 37.2 Å². The molecule has 1 unspecified atom stereocenters. The molecule has 0 saturated carbocycles. The van der Waals surface area contributed by atoms with E-state index in [0.717, 1.165) is 64.2 Å². The highest BCUT2D eigenvalue weighted by Gasteiger charge is 2.19. The van der Waals surface area contributed by atoms with E-state index in [2.05, 4.69) is 32.9 Å². The molecular formula is C71H136O6. The zero-order valence-electron chi connectivity index (χ0n) is 52.5. The lowest BCUT2D eigenvalue weighted by atomic mass is 10.0. The van der Waals surface area contributed by atoms with Crippen molar-refractivity contribution >= 4 is 17.9 Å². The van der Waals surface area contributed by atoms with Crippen molar-refractivity contribution in [3.63, 3.8) is 0 Å². The number of carbonyl (C=O) groups is 3. The van der Waals surface area contributed by atoms with Crippen molar-refractivity contribution in [2.45, 2.75) is 412 Å². The molecule has 0 aliphatic carbocycles. The fraction of sp³-hybridized carbons (Fsp3) is 0.930. The summed E-state index contributed by atoms with van der Waals surface area (Å²) in [5, 5.41) is 0. The Bertz CT molecular complexity index is 1200. The molecule has 0 saturated heterocycles. The smallest absolute Gasteiger partial charge is 0.306 e. The molecule has 0 spiro atoms. The molecule has 6 nitrogen and oxygen atoms in total. The van der Waals surface area contributed by atoms with Crippen LogP contribution in [0.25, 0.3) is 0 Å². The maximum Gasteiger partial charge on any atom is 0.306 e. The van der Waals surface area contributed by atoms with Gasteiger partial charge in [-0.3, -0.25) is 14.4 Å². The number of esters is 3. The number of carbonyl (C=O) groups excluding carboxylic acids is 3. The first kappa shape index (κ1) is 75.2. The number of hydrogen-bond acceptors (Lipinski definition) is 6. The summed E-state index contributed by atoms with van der Waals surface area (Å²) in [4.78, 5) is 38.4. The summed E-state index contributed by atoms with van der Waals surface area (Å²) in [7, 11) is 0. The summed E-state index contributed by atoms with van der Waals surface area (Å²) in [5.74, 6) is -0.838. The summed E-state index contributed by atoms with van der Waals surface area (Å²) in [6, 6.07) is 0. The minimum atomic E-state index is -0.770. The van der Waals surface area contributed by atoms with Gasteiger partial charge < -0.3 is 14.2 Å². The van der Waals surface area contributed by atoms with Crippen molar-refractivity contribution in [1.82, 2.24) is 0 Å². The predicted octanol–water partition coefficient (Wildman–Crippen LogP) is 24.0. The Kier molecular flexibility index (Phi) is 65.1. The van der Waals surface area contributed by atoms with Gasteiger partial charge >= 0.3 is 17.9 Å². The summed E-state index contributed by atoms with van der Waals surface area (Å²) in [6.45, 7) is 6.72. The molecule has 77 heavy (non-hydrogen) atoms. The minimum absolute atomic E-state index is 0.0656. The van der Waals surface area contributed by atoms with Gasteiger partial charge in [-0.15, -0.1) is 0 Å². The second kappa shape index (κ2) is 66.7. The zero-order valence-corrected chi connectivity index (χ0v) is 52.5. The van der Waals surface area contributed by atoms with E-state index in [9.17, 15) is 14.4 Å². The van der Waals surface area contributed by atoms with Crippen LogP contribution in [-0.2, 0) is 28.6 Å². The number of unbranched alkanes of at least 4 members (excludes halogenated alkanes) is 53. The van der Waals surface area contributed by atoms with E-state index in [-0.39, 0.29) is 31.1 Å². The van der Waals surface area contributed by atoms with Gasteiger partial charge in [0.05, 0.1) is 0 Å². The summed E-state index contributed by atoms with van der Waals surface area (Å²) < 4.78 is 17.0. The van der Waals surface area contributed by atoms with E-state index in [4.69, 9.17) is 14.2 Å². The third kappa shape index (κ3) is 64.9. The van der Waals surface area contributed by atoms with Crippen molar-refractivity contribution in [3.05, 3.63) is 12.2 Å². The van der Waals surface area contributed by atoms with Crippen LogP contribution < -0.4 is 0 Å². The molecule has 0 N–H and O–H groups in total. The largest absolute Gasteiger partial charge is 0.462 e. The van der Waals surface area contributed by atoms with E-state index in [1.54, 1.807) is 0 Å². The SMILES string of the molecule is CCCCCCCC/C=C\CCCCCCCC(=O)OCC(COC(=O)CCCCCCCCCCCCCCCCCCCCCCCC)OC(=O)CCCCCCCCCCCCCCCCCCCCCCCC. The first-order valence-corrected chi connectivity index (χ1v) is 35.2. The lowest BCUT2D eigenvalue weighted by Gasteiger charge is -2.18. The van der Waals surface area contributed by atoms with Crippen molar-refractivity contribution < 1.29 is 28.6 Å². The predicted molar refractivity (Wildman–Crippen MR) is 335 cm³/mol. The highest BCUT2D eigenvalue weighted by Crippen LogP contribution is 2.19. The topological polar surface area (TPSA) is 78.9 Å².